The van der Waals surface area contributed by atoms with Gasteiger partial charge < -0.3 is 10.0 Å². The van der Waals surface area contributed by atoms with Crippen molar-refractivity contribution in [3.8, 4) is 0 Å². The fourth-order valence-electron chi connectivity index (χ4n) is 2.64. The Morgan fingerprint density at radius 2 is 1.72 bits per heavy atom. The molecule has 1 fully saturated rings. The number of halogens is 1. The summed E-state index contributed by atoms with van der Waals surface area (Å²) < 4.78 is 13.3. The van der Waals surface area contributed by atoms with E-state index in [1.54, 1.807) is 13.0 Å². The fourth-order valence-corrected chi connectivity index (χ4v) is 2.64. The molecule has 1 aromatic rings. The second kappa shape index (κ2) is 6.19. The number of aliphatic hydroxyl groups is 1. The van der Waals surface area contributed by atoms with Gasteiger partial charge in [-0.3, -0.25) is 0 Å². The molecular weight excluding hydrogens is 229 g/mol. The van der Waals surface area contributed by atoms with Gasteiger partial charge in [-0.15, -0.1) is 0 Å². The summed E-state index contributed by atoms with van der Waals surface area (Å²) in [6.07, 6.45) is 5.58. The van der Waals surface area contributed by atoms with Gasteiger partial charge in [-0.2, -0.15) is 0 Å². The first kappa shape index (κ1) is 13.3. The van der Waals surface area contributed by atoms with Gasteiger partial charge in [0.1, 0.15) is 5.82 Å². The van der Waals surface area contributed by atoms with Crippen LogP contribution < -0.4 is 4.90 Å². The molecule has 3 heteroatoms. The minimum Gasteiger partial charge on any atom is -0.389 e. The van der Waals surface area contributed by atoms with Gasteiger partial charge in [0.25, 0.3) is 0 Å². The summed E-state index contributed by atoms with van der Waals surface area (Å²) in [7, 11) is 0. The van der Waals surface area contributed by atoms with Crippen molar-refractivity contribution in [2.75, 3.05) is 18.0 Å². The Balaban J connectivity index is 2.24. The standard InChI is InChI=1S/C15H22FNO/c1-12(18)14-11-13(16)7-8-15(14)17-9-5-3-2-4-6-10-17/h7-8,11-12,18H,2-6,9-10H2,1H3. The molecule has 0 spiro atoms. The van der Waals surface area contributed by atoms with E-state index in [-0.39, 0.29) is 5.82 Å². The average Bonchev–Trinajstić information content (AvgIpc) is 2.29. The Morgan fingerprint density at radius 3 is 2.33 bits per heavy atom. The van der Waals surface area contributed by atoms with Crippen LogP contribution >= 0.6 is 0 Å². The molecule has 0 aliphatic carbocycles. The highest BCUT2D eigenvalue weighted by molar-refractivity contribution is 5.54. The topological polar surface area (TPSA) is 23.5 Å². The van der Waals surface area contributed by atoms with E-state index in [2.05, 4.69) is 4.90 Å². The molecule has 18 heavy (non-hydrogen) atoms. The van der Waals surface area contributed by atoms with Crippen molar-refractivity contribution in [1.29, 1.82) is 0 Å². The maximum Gasteiger partial charge on any atom is 0.123 e. The van der Waals surface area contributed by atoms with Crippen LogP contribution in [0.25, 0.3) is 0 Å². The van der Waals surface area contributed by atoms with Crippen LogP contribution in [0.15, 0.2) is 18.2 Å². The molecule has 1 atom stereocenters. The van der Waals surface area contributed by atoms with Crippen molar-refractivity contribution >= 4 is 5.69 Å². The van der Waals surface area contributed by atoms with Crippen molar-refractivity contribution in [2.24, 2.45) is 0 Å². The number of aliphatic hydroxyl groups excluding tert-OH is 1. The Kier molecular flexibility index (Phi) is 4.59. The van der Waals surface area contributed by atoms with Crippen LogP contribution in [0.1, 0.15) is 50.7 Å². The predicted octanol–water partition coefficient (Wildman–Crippen LogP) is 3.65. The highest BCUT2D eigenvalue weighted by Crippen LogP contribution is 2.28. The van der Waals surface area contributed by atoms with E-state index in [1.807, 2.05) is 0 Å². The van der Waals surface area contributed by atoms with Gasteiger partial charge in [0.2, 0.25) is 0 Å². The quantitative estimate of drug-likeness (QED) is 0.867. The lowest BCUT2D eigenvalue weighted by Crippen LogP contribution is -2.28. The molecule has 1 aliphatic rings. The molecule has 2 nitrogen and oxygen atoms in total. The summed E-state index contributed by atoms with van der Waals surface area (Å²) >= 11 is 0. The number of hydrogen-bond acceptors (Lipinski definition) is 2. The van der Waals surface area contributed by atoms with Gasteiger partial charge in [0.05, 0.1) is 6.10 Å². The Bertz CT molecular complexity index is 384. The summed E-state index contributed by atoms with van der Waals surface area (Å²) in [5, 5.41) is 9.79. The van der Waals surface area contributed by atoms with Crippen molar-refractivity contribution in [2.45, 2.75) is 45.1 Å². The summed E-state index contributed by atoms with van der Waals surface area (Å²) in [5.74, 6) is -0.276. The molecule has 1 saturated heterocycles. The average molecular weight is 251 g/mol. The first-order valence-electron chi connectivity index (χ1n) is 6.91. The highest BCUT2D eigenvalue weighted by Gasteiger charge is 2.16. The molecule has 1 aliphatic heterocycles. The van der Waals surface area contributed by atoms with Crippen molar-refractivity contribution in [1.82, 2.24) is 0 Å². The van der Waals surface area contributed by atoms with Gasteiger partial charge in [0, 0.05) is 24.3 Å². The second-order valence-corrected chi connectivity index (χ2v) is 5.13. The van der Waals surface area contributed by atoms with Gasteiger partial charge >= 0.3 is 0 Å². The zero-order valence-corrected chi connectivity index (χ0v) is 11.0. The minimum absolute atomic E-state index is 0.276. The molecule has 1 heterocycles. The largest absolute Gasteiger partial charge is 0.389 e. The van der Waals surface area contributed by atoms with Crippen LogP contribution in [0.2, 0.25) is 0 Å². The van der Waals surface area contributed by atoms with Crippen LogP contribution in [-0.4, -0.2) is 18.2 Å². The van der Waals surface area contributed by atoms with E-state index in [4.69, 9.17) is 0 Å². The zero-order chi connectivity index (χ0) is 13.0. The minimum atomic E-state index is -0.624. The first-order chi connectivity index (χ1) is 8.68. The molecular formula is C15H22FNO. The van der Waals surface area contributed by atoms with Crippen LogP contribution in [0.4, 0.5) is 10.1 Å². The Hall–Kier alpha value is -1.09. The maximum atomic E-state index is 13.3. The fraction of sp³-hybridized carbons (Fsp3) is 0.600. The van der Waals surface area contributed by atoms with E-state index in [0.29, 0.717) is 5.56 Å². The second-order valence-electron chi connectivity index (χ2n) is 5.13. The van der Waals surface area contributed by atoms with E-state index >= 15 is 0 Å². The maximum absolute atomic E-state index is 13.3. The van der Waals surface area contributed by atoms with Gasteiger partial charge in [-0.25, -0.2) is 4.39 Å². The molecule has 1 N–H and O–H groups in total. The first-order valence-corrected chi connectivity index (χ1v) is 6.91. The summed E-state index contributed by atoms with van der Waals surface area (Å²) in [5.41, 5.74) is 1.70. The monoisotopic (exact) mass is 251 g/mol. The van der Waals surface area contributed by atoms with Gasteiger partial charge in [-0.1, -0.05) is 19.3 Å². The zero-order valence-electron chi connectivity index (χ0n) is 11.0. The molecule has 0 radical (unpaired) electrons. The smallest absolute Gasteiger partial charge is 0.123 e. The number of rotatable bonds is 2. The number of nitrogens with zero attached hydrogens (tertiary/aromatic N) is 1. The molecule has 1 unspecified atom stereocenters. The normalized spacial score (nSPS) is 19.2. The Labute approximate surface area is 108 Å². The van der Waals surface area contributed by atoms with E-state index < -0.39 is 6.10 Å². The van der Waals surface area contributed by atoms with Crippen molar-refractivity contribution in [3.05, 3.63) is 29.6 Å². The van der Waals surface area contributed by atoms with E-state index in [9.17, 15) is 9.50 Å². The molecule has 0 bridgehead atoms. The molecule has 1 aromatic carbocycles. The van der Waals surface area contributed by atoms with E-state index in [0.717, 1.165) is 18.8 Å². The Morgan fingerprint density at radius 1 is 1.11 bits per heavy atom. The predicted molar refractivity (Wildman–Crippen MR) is 72.3 cm³/mol. The molecule has 0 aromatic heterocycles. The SMILES string of the molecule is CC(O)c1cc(F)ccc1N1CCCCCCC1. The van der Waals surface area contributed by atoms with Crippen LogP contribution in [0, 0.1) is 5.82 Å². The van der Waals surface area contributed by atoms with Crippen molar-refractivity contribution in [3.63, 3.8) is 0 Å². The third-order valence-corrected chi connectivity index (χ3v) is 3.64. The van der Waals surface area contributed by atoms with Gasteiger partial charge in [0.15, 0.2) is 0 Å². The molecule has 0 amide bonds. The van der Waals surface area contributed by atoms with Gasteiger partial charge in [-0.05, 0) is 38.0 Å². The lowest BCUT2D eigenvalue weighted by molar-refractivity contribution is 0.199. The van der Waals surface area contributed by atoms with Crippen LogP contribution in [0.3, 0.4) is 0 Å². The summed E-state index contributed by atoms with van der Waals surface area (Å²) in [6.45, 7) is 3.71. The summed E-state index contributed by atoms with van der Waals surface area (Å²) in [4.78, 5) is 2.29. The lowest BCUT2D eigenvalue weighted by Gasteiger charge is -2.29. The number of hydrogen-bond donors (Lipinski definition) is 1. The third kappa shape index (κ3) is 3.22. The van der Waals surface area contributed by atoms with Crippen molar-refractivity contribution < 1.29 is 9.50 Å². The molecule has 0 saturated carbocycles. The third-order valence-electron chi connectivity index (χ3n) is 3.64. The molecule has 100 valence electrons. The number of anilines is 1. The highest BCUT2D eigenvalue weighted by atomic mass is 19.1. The lowest BCUT2D eigenvalue weighted by atomic mass is 10.0. The van der Waals surface area contributed by atoms with E-state index in [1.165, 1.54) is 44.2 Å². The molecule has 2 rings (SSSR count). The summed E-state index contributed by atoms with van der Waals surface area (Å²) in [6, 6.07) is 4.75. The number of benzene rings is 1. The van der Waals surface area contributed by atoms with Crippen LogP contribution in [0.5, 0.6) is 0 Å². The van der Waals surface area contributed by atoms with Crippen LogP contribution in [-0.2, 0) is 0 Å².